The van der Waals surface area contributed by atoms with Crippen LogP contribution in [0.25, 0.3) is 11.5 Å². The van der Waals surface area contributed by atoms with E-state index in [-0.39, 0.29) is 0 Å². The summed E-state index contributed by atoms with van der Waals surface area (Å²) in [5.41, 5.74) is 1.40. The van der Waals surface area contributed by atoms with Gasteiger partial charge in [0, 0.05) is 12.4 Å². The number of methoxy groups -OCH3 is 1. The largest absolute Gasteiger partial charge is 0.497 e. The molecule has 0 aliphatic rings. The Labute approximate surface area is 116 Å². The van der Waals surface area contributed by atoms with Gasteiger partial charge in [-0.25, -0.2) is 4.68 Å². The topological polar surface area (TPSA) is 55.8 Å². The molecule has 2 aromatic heterocycles. The highest BCUT2D eigenvalue weighted by Gasteiger charge is 2.13. The van der Waals surface area contributed by atoms with E-state index in [4.69, 9.17) is 4.74 Å². The average molecular weight is 264 g/mol. The first kappa shape index (κ1) is 12.1. The van der Waals surface area contributed by atoms with Crippen molar-refractivity contribution >= 4 is 0 Å². The van der Waals surface area contributed by atoms with Crippen LogP contribution in [-0.4, -0.2) is 21.5 Å². The van der Waals surface area contributed by atoms with Gasteiger partial charge in [0.2, 0.25) is 0 Å². The van der Waals surface area contributed by atoms with Crippen LogP contribution in [0.2, 0.25) is 0 Å². The first-order valence-corrected chi connectivity index (χ1v) is 6.09. The number of hydrogen-bond donors (Lipinski definition) is 0. The van der Waals surface area contributed by atoms with Crippen LogP contribution in [0, 0.1) is 11.3 Å². The van der Waals surface area contributed by atoms with E-state index in [1.807, 2.05) is 53.4 Å². The van der Waals surface area contributed by atoms with Gasteiger partial charge in [-0.15, -0.1) is 0 Å². The van der Waals surface area contributed by atoms with Crippen LogP contribution in [0.5, 0.6) is 5.75 Å². The summed E-state index contributed by atoms with van der Waals surface area (Å²) in [4.78, 5) is 0. The second-order valence-electron chi connectivity index (χ2n) is 4.19. The fourth-order valence-corrected chi connectivity index (χ4v) is 2.06. The number of benzene rings is 1. The molecule has 0 unspecified atom stereocenters. The third-order valence-electron chi connectivity index (χ3n) is 3.03. The molecular formula is C15H12N4O. The molecule has 5 heteroatoms. The van der Waals surface area contributed by atoms with Crippen LogP contribution >= 0.6 is 0 Å². The zero-order chi connectivity index (χ0) is 13.9. The zero-order valence-corrected chi connectivity index (χ0v) is 10.9. The Morgan fingerprint density at radius 2 is 1.85 bits per heavy atom. The molecule has 0 saturated carbocycles. The molecule has 3 rings (SSSR count). The normalized spacial score (nSPS) is 10.2. The van der Waals surface area contributed by atoms with Crippen molar-refractivity contribution in [1.82, 2.24) is 14.3 Å². The number of ether oxygens (including phenoxy) is 1. The number of nitrogens with zero attached hydrogens (tertiary/aromatic N) is 4. The minimum absolute atomic E-state index is 0.525. The van der Waals surface area contributed by atoms with Gasteiger partial charge in [-0.3, -0.25) is 0 Å². The summed E-state index contributed by atoms with van der Waals surface area (Å²) in [6, 6.07) is 13.5. The lowest BCUT2D eigenvalue weighted by Crippen LogP contribution is -2.05. The molecule has 0 amide bonds. The van der Waals surface area contributed by atoms with Crippen LogP contribution in [0.3, 0.4) is 0 Å². The van der Waals surface area contributed by atoms with Crippen molar-refractivity contribution in [3.8, 4) is 23.3 Å². The van der Waals surface area contributed by atoms with Crippen molar-refractivity contribution < 1.29 is 4.74 Å². The molecule has 0 radical (unpaired) electrons. The third kappa shape index (κ3) is 1.93. The SMILES string of the molecule is COc1ccc(-n2ncc(C#N)c2-n2cccc2)cc1. The minimum atomic E-state index is 0.525. The lowest BCUT2D eigenvalue weighted by molar-refractivity contribution is 0.414. The average Bonchev–Trinajstić information content (AvgIpc) is 3.15. The molecule has 0 bridgehead atoms. The van der Waals surface area contributed by atoms with Gasteiger partial charge in [0.15, 0.2) is 5.82 Å². The minimum Gasteiger partial charge on any atom is -0.497 e. The molecule has 2 heterocycles. The number of aromatic nitrogens is 3. The molecule has 0 aliphatic carbocycles. The molecule has 20 heavy (non-hydrogen) atoms. The van der Waals surface area contributed by atoms with E-state index >= 15 is 0 Å². The smallest absolute Gasteiger partial charge is 0.158 e. The lowest BCUT2D eigenvalue weighted by Gasteiger charge is -2.09. The van der Waals surface area contributed by atoms with Crippen LogP contribution in [0.4, 0.5) is 0 Å². The molecule has 0 fully saturated rings. The quantitative estimate of drug-likeness (QED) is 0.730. The summed E-state index contributed by atoms with van der Waals surface area (Å²) in [6.45, 7) is 0. The van der Waals surface area contributed by atoms with Crippen LogP contribution < -0.4 is 4.74 Å². The van der Waals surface area contributed by atoms with Gasteiger partial charge in [0.25, 0.3) is 0 Å². The molecule has 0 spiro atoms. The highest BCUT2D eigenvalue weighted by Crippen LogP contribution is 2.21. The molecule has 1 aromatic carbocycles. The fourth-order valence-electron chi connectivity index (χ4n) is 2.06. The summed E-state index contributed by atoms with van der Waals surface area (Å²) in [5, 5.41) is 13.5. The Morgan fingerprint density at radius 3 is 2.45 bits per heavy atom. The van der Waals surface area contributed by atoms with Gasteiger partial charge in [-0.1, -0.05) is 0 Å². The van der Waals surface area contributed by atoms with Gasteiger partial charge in [0.05, 0.1) is 19.0 Å². The number of rotatable bonds is 3. The van der Waals surface area contributed by atoms with E-state index in [0.29, 0.717) is 5.56 Å². The van der Waals surface area contributed by atoms with Gasteiger partial charge < -0.3 is 9.30 Å². The molecule has 98 valence electrons. The molecule has 3 aromatic rings. The molecule has 0 N–H and O–H groups in total. The van der Waals surface area contributed by atoms with Crippen LogP contribution in [0.15, 0.2) is 55.0 Å². The second-order valence-corrected chi connectivity index (χ2v) is 4.19. The van der Waals surface area contributed by atoms with Crippen LogP contribution in [0.1, 0.15) is 5.56 Å². The van der Waals surface area contributed by atoms with Crippen molar-refractivity contribution in [2.75, 3.05) is 7.11 Å². The van der Waals surface area contributed by atoms with Crippen molar-refractivity contribution in [3.05, 3.63) is 60.6 Å². The molecule has 5 nitrogen and oxygen atoms in total. The van der Waals surface area contributed by atoms with Gasteiger partial charge in [-0.05, 0) is 36.4 Å². The predicted octanol–water partition coefficient (Wildman–Crippen LogP) is 2.54. The highest BCUT2D eigenvalue weighted by atomic mass is 16.5. The Morgan fingerprint density at radius 1 is 1.15 bits per heavy atom. The van der Waals surface area contributed by atoms with E-state index in [1.165, 1.54) is 0 Å². The van der Waals surface area contributed by atoms with E-state index in [1.54, 1.807) is 18.0 Å². The van der Waals surface area contributed by atoms with E-state index < -0.39 is 0 Å². The Kier molecular flexibility index (Phi) is 2.98. The third-order valence-corrected chi connectivity index (χ3v) is 3.03. The van der Waals surface area contributed by atoms with E-state index in [9.17, 15) is 5.26 Å². The predicted molar refractivity (Wildman–Crippen MR) is 74.2 cm³/mol. The number of nitriles is 1. The van der Waals surface area contributed by atoms with Gasteiger partial charge >= 0.3 is 0 Å². The Bertz CT molecular complexity index is 748. The maximum absolute atomic E-state index is 9.22. The molecular weight excluding hydrogens is 252 g/mol. The molecule has 0 saturated heterocycles. The summed E-state index contributed by atoms with van der Waals surface area (Å²) in [7, 11) is 1.63. The van der Waals surface area contributed by atoms with Crippen molar-refractivity contribution in [1.29, 1.82) is 5.26 Å². The van der Waals surface area contributed by atoms with E-state index in [2.05, 4.69) is 11.2 Å². The fraction of sp³-hybridized carbons (Fsp3) is 0.0667. The maximum Gasteiger partial charge on any atom is 0.158 e. The van der Waals surface area contributed by atoms with Gasteiger partial charge in [0.1, 0.15) is 17.4 Å². The Hall–Kier alpha value is -3.00. The standard InChI is InChI=1S/C15H12N4O/c1-20-14-6-4-13(5-7-14)19-15(12(10-16)11-17-19)18-8-2-3-9-18/h2-9,11H,1H3. The summed E-state index contributed by atoms with van der Waals surface area (Å²) < 4.78 is 8.75. The maximum atomic E-state index is 9.22. The zero-order valence-electron chi connectivity index (χ0n) is 10.9. The van der Waals surface area contributed by atoms with Gasteiger partial charge in [-0.2, -0.15) is 10.4 Å². The van der Waals surface area contributed by atoms with Crippen molar-refractivity contribution in [2.45, 2.75) is 0 Å². The summed E-state index contributed by atoms with van der Waals surface area (Å²) in [6.07, 6.45) is 5.34. The lowest BCUT2D eigenvalue weighted by atomic mass is 10.3. The van der Waals surface area contributed by atoms with E-state index in [0.717, 1.165) is 17.3 Å². The highest BCUT2D eigenvalue weighted by molar-refractivity contribution is 5.49. The van der Waals surface area contributed by atoms with Crippen LogP contribution in [-0.2, 0) is 0 Å². The summed E-state index contributed by atoms with van der Waals surface area (Å²) >= 11 is 0. The van der Waals surface area contributed by atoms with Crippen molar-refractivity contribution in [3.63, 3.8) is 0 Å². The summed E-state index contributed by atoms with van der Waals surface area (Å²) in [5.74, 6) is 1.51. The number of hydrogen-bond acceptors (Lipinski definition) is 3. The Balaban J connectivity index is 2.14. The first-order chi connectivity index (χ1) is 9.83. The second kappa shape index (κ2) is 4.94. The molecule has 0 atom stereocenters. The first-order valence-electron chi connectivity index (χ1n) is 6.09. The monoisotopic (exact) mass is 264 g/mol. The van der Waals surface area contributed by atoms with Crippen molar-refractivity contribution in [2.24, 2.45) is 0 Å². The molecule has 0 aliphatic heterocycles.